The number of amides is 1. The SMILES string of the molecule is Cl.O=C(NOC[C@H](O)CO)c1ccncc1[AsH]c1ccc(I)cc1F. The van der Waals surface area contributed by atoms with Crippen molar-refractivity contribution in [3.63, 3.8) is 0 Å². The Bertz CT molecular complexity index is 726. The first-order chi connectivity index (χ1) is 11.5. The fourth-order valence-corrected chi connectivity index (χ4v) is 4.54. The van der Waals surface area contributed by atoms with E-state index in [1.54, 1.807) is 12.3 Å². The van der Waals surface area contributed by atoms with Crippen LogP contribution >= 0.6 is 35.0 Å². The fourth-order valence-electron chi connectivity index (χ4n) is 1.74. The van der Waals surface area contributed by atoms with Gasteiger partial charge in [0.15, 0.2) is 0 Å². The topological polar surface area (TPSA) is 91.7 Å². The van der Waals surface area contributed by atoms with E-state index in [2.05, 4.69) is 10.5 Å². The van der Waals surface area contributed by atoms with Crippen LogP contribution in [-0.4, -0.2) is 56.2 Å². The fraction of sp³-hybridized carbons (Fsp3) is 0.200. The number of aliphatic hydroxyl groups is 2. The summed E-state index contributed by atoms with van der Waals surface area (Å²) in [4.78, 5) is 21.0. The molecular weight excluding hydrogens is 528 g/mol. The Balaban J connectivity index is 0.00000312. The molecule has 0 spiro atoms. The van der Waals surface area contributed by atoms with Gasteiger partial charge in [0.05, 0.1) is 0 Å². The molecule has 0 radical (unpaired) electrons. The Morgan fingerprint density at radius 1 is 1.40 bits per heavy atom. The normalized spacial score (nSPS) is 12.0. The average Bonchev–Trinajstić information content (AvgIpc) is 2.57. The Kier molecular flexibility index (Phi) is 9.84. The van der Waals surface area contributed by atoms with Crippen LogP contribution in [-0.2, 0) is 4.84 Å². The molecule has 3 N–H and O–H groups in total. The summed E-state index contributed by atoms with van der Waals surface area (Å²) in [5, 5.41) is 17.9. The number of carbonyl (C=O) groups is 1. The maximum absolute atomic E-state index is 14.0. The van der Waals surface area contributed by atoms with Crippen LogP contribution in [0.1, 0.15) is 10.4 Å². The van der Waals surface area contributed by atoms with Gasteiger partial charge in [-0.05, 0) is 0 Å². The van der Waals surface area contributed by atoms with E-state index in [1.807, 2.05) is 28.7 Å². The summed E-state index contributed by atoms with van der Waals surface area (Å²) in [5.74, 6) is -0.799. The zero-order chi connectivity index (χ0) is 17.5. The van der Waals surface area contributed by atoms with E-state index in [-0.39, 0.29) is 24.8 Å². The molecule has 0 bridgehead atoms. The molecule has 136 valence electrons. The molecule has 1 unspecified atom stereocenters. The Morgan fingerprint density at radius 2 is 2.16 bits per heavy atom. The zero-order valence-electron chi connectivity index (χ0n) is 12.8. The van der Waals surface area contributed by atoms with Crippen LogP contribution in [0.15, 0.2) is 36.7 Å². The minimum atomic E-state index is -1.10. The molecule has 6 nitrogen and oxygen atoms in total. The Morgan fingerprint density at radius 3 is 2.84 bits per heavy atom. The zero-order valence-corrected chi connectivity index (χ0v) is 17.9. The van der Waals surface area contributed by atoms with Crippen molar-refractivity contribution < 1.29 is 24.2 Å². The van der Waals surface area contributed by atoms with Crippen LogP contribution in [0.3, 0.4) is 0 Å². The molecule has 0 saturated heterocycles. The molecule has 0 saturated carbocycles. The second-order valence-electron chi connectivity index (χ2n) is 4.75. The predicted octanol–water partition coefficient (Wildman–Crippen LogP) is -0.351. The van der Waals surface area contributed by atoms with Gasteiger partial charge >= 0.3 is 159 Å². The van der Waals surface area contributed by atoms with Crippen molar-refractivity contribution in [3.05, 3.63) is 51.6 Å². The molecule has 1 aromatic heterocycles. The van der Waals surface area contributed by atoms with Crippen molar-refractivity contribution in [2.75, 3.05) is 13.2 Å². The number of benzene rings is 1. The van der Waals surface area contributed by atoms with Crippen LogP contribution in [0.2, 0.25) is 0 Å². The molecule has 0 aliphatic heterocycles. The molecular formula is C15H16AsClFIN2O4. The van der Waals surface area contributed by atoms with Crippen molar-refractivity contribution >= 4 is 65.4 Å². The number of hydrogen-bond acceptors (Lipinski definition) is 5. The van der Waals surface area contributed by atoms with Crippen LogP contribution in [0.25, 0.3) is 0 Å². The quantitative estimate of drug-likeness (QED) is 0.252. The first kappa shape index (κ1) is 22.3. The third kappa shape index (κ3) is 6.80. The number of aromatic nitrogens is 1. The molecule has 1 heterocycles. The van der Waals surface area contributed by atoms with Crippen molar-refractivity contribution in [2.45, 2.75) is 6.10 Å². The van der Waals surface area contributed by atoms with Crippen LogP contribution in [0.5, 0.6) is 0 Å². The van der Waals surface area contributed by atoms with Gasteiger partial charge in [-0.1, -0.05) is 0 Å². The van der Waals surface area contributed by atoms with Gasteiger partial charge in [0, 0.05) is 0 Å². The average molecular weight is 545 g/mol. The second-order valence-corrected chi connectivity index (χ2v) is 8.78. The van der Waals surface area contributed by atoms with E-state index >= 15 is 0 Å². The molecule has 10 heteroatoms. The van der Waals surface area contributed by atoms with Crippen LogP contribution in [0.4, 0.5) is 4.39 Å². The molecule has 2 aromatic rings. The summed E-state index contributed by atoms with van der Waals surface area (Å²) < 4.78 is 16.1. The molecule has 2 rings (SSSR count). The Hall–Kier alpha value is -0.772. The monoisotopic (exact) mass is 544 g/mol. The van der Waals surface area contributed by atoms with Gasteiger partial charge in [0.1, 0.15) is 0 Å². The molecule has 25 heavy (non-hydrogen) atoms. The van der Waals surface area contributed by atoms with Gasteiger partial charge in [-0.25, -0.2) is 0 Å². The van der Waals surface area contributed by atoms with Gasteiger partial charge in [-0.15, -0.1) is 12.4 Å². The third-order valence-electron chi connectivity index (χ3n) is 2.92. The summed E-state index contributed by atoms with van der Waals surface area (Å²) in [6.45, 7) is -0.695. The van der Waals surface area contributed by atoms with E-state index in [4.69, 9.17) is 9.94 Å². The number of rotatable bonds is 7. The van der Waals surface area contributed by atoms with Crippen molar-refractivity contribution in [1.82, 2.24) is 10.5 Å². The molecule has 0 fully saturated rings. The van der Waals surface area contributed by atoms with E-state index < -0.39 is 34.4 Å². The van der Waals surface area contributed by atoms with Gasteiger partial charge in [-0.3, -0.25) is 0 Å². The van der Waals surface area contributed by atoms with Gasteiger partial charge in [-0.2, -0.15) is 0 Å². The Labute approximate surface area is 170 Å². The summed E-state index contributed by atoms with van der Waals surface area (Å²) in [6.07, 6.45) is 1.95. The predicted molar refractivity (Wildman–Crippen MR) is 104 cm³/mol. The van der Waals surface area contributed by atoms with Crippen LogP contribution in [0, 0.1) is 9.39 Å². The summed E-state index contributed by atoms with van der Waals surface area (Å²) in [5.41, 5.74) is 2.55. The first-order valence-corrected chi connectivity index (χ1v) is 10.1. The van der Waals surface area contributed by atoms with E-state index in [0.29, 0.717) is 14.3 Å². The number of carbonyl (C=O) groups excluding carboxylic acids is 1. The maximum atomic E-state index is 14.0. The minimum absolute atomic E-state index is 0. The number of hydroxylamine groups is 1. The van der Waals surface area contributed by atoms with Gasteiger partial charge in [0.25, 0.3) is 0 Å². The number of nitrogens with zero attached hydrogens (tertiary/aromatic N) is 1. The third-order valence-corrected chi connectivity index (χ3v) is 6.41. The molecule has 2 atom stereocenters. The summed E-state index contributed by atoms with van der Waals surface area (Å²) in [6, 6.07) is 6.53. The van der Waals surface area contributed by atoms with Crippen molar-refractivity contribution in [2.24, 2.45) is 0 Å². The van der Waals surface area contributed by atoms with E-state index in [1.165, 1.54) is 18.3 Å². The molecule has 1 amide bonds. The van der Waals surface area contributed by atoms with Crippen molar-refractivity contribution in [1.29, 1.82) is 0 Å². The van der Waals surface area contributed by atoms with Crippen molar-refractivity contribution in [3.8, 4) is 0 Å². The summed E-state index contributed by atoms with van der Waals surface area (Å²) >= 11 is 0.941. The first-order valence-electron chi connectivity index (χ1n) is 6.88. The molecule has 0 aliphatic rings. The number of aliphatic hydroxyl groups excluding tert-OH is 2. The second kappa shape index (κ2) is 11.0. The van der Waals surface area contributed by atoms with E-state index in [0.717, 1.165) is 3.57 Å². The van der Waals surface area contributed by atoms with Gasteiger partial charge in [0.2, 0.25) is 0 Å². The summed E-state index contributed by atoms with van der Waals surface area (Å²) in [7, 11) is 0. The van der Waals surface area contributed by atoms with Gasteiger partial charge < -0.3 is 0 Å². The standard InChI is InChI=1S/C15H15AsFIN2O4.ClH/c17-14-5-9(18)1-2-12(14)16-13-6-19-4-3-11(13)15(23)20-24-8-10(22)7-21;/h1-6,10,16,21-22H,7-8H2,(H,20,23);1H/t10-;/m1./s1. The molecule has 0 aliphatic carbocycles. The molecule has 1 aromatic carbocycles. The number of pyridine rings is 1. The number of halogens is 3. The van der Waals surface area contributed by atoms with Crippen LogP contribution < -0.4 is 14.2 Å². The van der Waals surface area contributed by atoms with E-state index in [9.17, 15) is 14.3 Å². The number of nitrogens with one attached hydrogen (secondary N) is 1. The number of hydrogen-bond donors (Lipinski definition) is 3.